The molecule has 3 aromatic rings. The maximum atomic E-state index is 13.0. The highest BCUT2D eigenvalue weighted by Gasteiger charge is 2.19. The van der Waals surface area contributed by atoms with E-state index in [1.54, 1.807) is 30.9 Å². The highest BCUT2D eigenvalue weighted by Crippen LogP contribution is 2.41. The summed E-state index contributed by atoms with van der Waals surface area (Å²) in [4.78, 5) is 10.2. The number of anilines is 2. The average Bonchev–Trinajstić information content (AvgIpc) is 3.11. The van der Waals surface area contributed by atoms with E-state index in [9.17, 15) is 4.57 Å². The van der Waals surface area contributed by atoms with Crippen LogP contribution in [-0.2, 0) is 4.57 Å². The van der Waals surface area contributed by atoms with Gasteiger partial charge < -0.3 is 9.88 Å². The third-order valence-electron chi connectivity index (χ3n) is 3.65. The predicted octanol–water partition coefficient (Wildman–Crippen LogP) is 7.00. The molecule has 0 unspecified atom stereocenters. The molecule has 0 aliphatic carbocycles. The molecule has 1 N–H and O–H groups in total. The fourth-order valence-corrected chi connectivity index (χ4v) is 5.41. The van der Waals surface area contributed by atoms with Crippen LogP contribution in [-0.4, -0.2) is 23.3 Å². The minimum atomic E-state index is -2.56. The topological polar surface area (TPSA) is 54.9 Å². The lowest BCUT2D eigenvalue weighted by Crippen LogP contribution is -2.11. The molecule has 4 nitrogen and oxygen atoms in total. The van der Waals surface area contributed by atoms with Gasteiger partial charge in [-0.1, -0.05) is 6.07 Å². The van der Waals surface area contributed by atoms with Crippen LogP contribution < -0.4 is 10.6 Å². The standard InChI is InChI=1S/C18H13BrClIN3OPS2/c1-26(2,25)15-9-11(16-6-4-12(28-16)7-8-27-21)3-5-14(15)23-17-13(19)10-22-18(20)24-17/h3-6,9-10H,1-2H3,(H,22,23,24). The number of halogens is 3. The lowest BCUT2D eigenvalue weighted by Gasteiger charge is -2.17. The molecule has 0 fully saturated rings. The molecule has 0 radical (unpaired) electrons. The molecule has 1 aromatic carbocycles. The third-order valence-corrected chi connectivity index (χ3v) is 7.83. The first-order valence-electron chi connectivity index (χ1n) is 7.81. The van der Waals surface area contributed by atoms with Gasteiger partial charge in [-0.15, -0.1) is 11.3 Å². The summed E-state index contributed by atoms with van der Waals surface area (Å²) in [7, 11) is -1.10. The van der Waals surface area contributed by atoms with Gasteiger partial charge in [-0.05, 0) is 90.8 Å². The largest absolute Gasteiger partial charge is 0.339 e. The monoisotopic (exact) mass is 623 g/mol. The van der Waals surface area contributed by atoms with Crippen molar-refractivity contribution in [2.75, 3.05) is 18.6 Å². The SMILES string of the molecule is CP(C)(=O)c1cc(-c2ccc(C#CSI)s2)ccc1Nc1nc(Cl)ncc1Br. The number of rotatable bonds is 4. The van der Waals surface area contributed by atoms with Crippen molar-refractivity contribution in [1.29, 1.82) is 0 Å². The Bertz CT molecular complexity index is 1140. The molecule has 144 valence electrons. The van der Waals surface area contributed by atoms with Crippen molar-refractivity contribution in [3.8, 4) is 21.6 Å². The zero-order chi connectivity index (χ0) is 20.3. The molecule has 2 aromatic heterocycles. The number of hydrogen-bond acceptors (Lipinski definition) is 6. The molecule has 0 aliphatic rings. The van der Waals surface area contributed by atoms with Gasteiger partial charge in [0.1, 0.15) is 13.0 Å². The van der Waals surface area contributed by atoms with Crippen LogP contribution in [0.1, 0.15) is 4.88 Å². The second kappa shape index (κ2) is 9.50. The molecule has 3 rings (SSSR count). The zero-order valence-electron chi connectivity index (χ0n) is 14.7. The number of aromatic nitrogens is 2. The normalized spacial score (nSPS) is 11.0. The Morgan fingerprint density at radius 2 is 2.11 bits per heavy atom. The van der Waals surface area contributed by atoms with Crippen molar-refractivity contribution in [2.45, 2.75) is 0 Å². The molecule has 0 atom stereocenters. The summed E-state index contributed by atoms with van der Waals surface area (Å²) in [6.07, 6.45) is 1.57. The Hall–Kier alpha value is -0.560. The van der Waals surface area contributed by atoms with Crippen LogP contribution in [0.4, 0.5) is 11.5 Å². The van der Waals surface area contributed by atoms with Crippen molar-refractivity contribution < 1.29 is 4.57 Å². The van der Waals surface area contributed by atoms with Crippen LogP contribution in [0.5, 0.6) is 0 Å². The van der Waals surface area contributed by atoms with Crippen molar-refractivity contribution in [1.82, 2.24) is 9.97 Å². The molecule has 0 saturated heterocycles. The van der Waals surface area contributed by atoms with E-state index >= 15 is 0 Å². The average molecular weight is 625 g/mol. The van der Waals surface area contributed by atoms with E-state index in [-0.39, 0.29) is 5.28 Å². The summed E-state index contributed by atoms with van der Waals surface area (Å²) in [5, 5.41) is 7.10. The molecule has 10 heteroatoms. The minimum Gasteiger partial charge on any atom is -0.339 e. The lowest BCUT2D eigenvalue weighted by atomic mass is 10.1. The van der Waals surface area contributed by atoms with Gasteiger partial charge in [0.05, 0.1) is 15.0 Å². The van der Waals surface area contributed by atoms with Gasteiger partial charge in [-0.25, -0.2) is 4.98 Å². The van der Waals surface area contributed by atoms with Gasteiger partial charge in [0.2, 0.25) is 5.28 Å². The summed E-state index contributed by atoms with van der Waals surface area (Å²) in [6, 6.07) is 9.92. The second-order valence-electron chi connectivity index (χ2n) is 6.01. The van der Waals surface area contributed by atoms with E-state index < -0.39 is 7.14 Å². The Balaban J connectivity index is 2.02. The fraction of sp³-hybridized carbons (Fsp3) is 0.111. The Labute approximate surface area is 197 Å². The van der Waals surface area contributed by atoms with Crippen LogP contribution >= 0.6 is 76.1 Å². The van der Waals surface area contributed by atoms with Crippen LogP contribution in [0.2, 0.25) is 5.28 Å². The molecule has 0 amide bonds. The molecule has 0 spiro atoms. The van der Waals surface area contributed by atoms with Crippen molar-refractivity contribution >= 4 is 93.0 Å². The van der Waals surface area contributed by atoms with Crippen LogP contribution in [0.25, 0.3) is 10.4 Å². The number of hydrogen-bond donors (Lipinski definition) is 1. The summed E-state index contributed by atoms with van der Waals surface area (Å²) >= 11 is 13.1. The van der Waals surface area contributed by atoms with Gasteiger partial charge in [-0.2, -0.15) is 4.98 Å². The maximum absolute atomic E-state index is 13.0. The summed E-state index contributed by atoms with van der Waals surface area (Å²) in [5.41, 5.74) is 1.73. The van der Waals surface area contributed by atoms with E-state index in [1.807, 2.05) is 30.3 Å². The van der Waals surface area contributed by atoms with Crippen molar-refractivity contribution in [3.05, 3.63) is 51.2 Å². The maximum Gasteiger partial charge on any atom is 0.224 e. The minimum absolute atomic E-state index is 0.136. The summed E-state index contributed by atoms with van der Waals surface area (Å²) in [5.74, 6) is 3.63. The smallest absolute Gasteiger partial charge is 0.224 e. The van der Waals surface area contributed by atoms with E-state index in [2.05, 4.69) is 63.6 Å². The molecular weight excluding hydrogens is 612 g/mol. The molecular formula is C18H13BrClIN3OPS2. The molecule has 28 heavy (non-hydrogen) atoms. The fourth-order valence-electron chi connectivity index (χ4n) is 2.43. The van der Waals surface area contributed by atoms with Gasteiger partial charge in [-0.3, -0.25) is 0 Å². The van der Waals surface area contributed by atoms with Crippen molar-refractivity contribution in [2.24, 2.45) is 0 Å². The first-order valence-corrected chi connectivity index (χ1v) is 15.8. The number of benzene rings is 1. The van der Waals surface area contributed by atoms with Crippen LogP contribution in [0, 0.1) is 11.2 Å². The van der Waals surface area contributed by atoms with E-state index in [1.165, 1.54) is 8.93 Å². The number of thiophene rings is 1. The number of nitrogens with one attached hydrogen (secondary N) is 1. The van der Waals surface area contributed by atoms with Gasteiger partial charge >= 0.3 is 0 Å². The van der Waals surface area contributed by atoms with Gasteiger partial charge in [0.25, 0.3) is 0 Å². The van der Waals surface area contributed by atoms with Crippen LogP contribution in [0.15, 0.2) is 41.0 Å². The lowest BCUT2D eigenvalue weighted by molar-refractivity contribution is 0.588. The predicted molar refractivity (Wildman–Crippen MR) is 135 cm³/mol. The first kappa shape index (κ1) is 22.1. The van der Waals surface area contributed by atoms with Crippen molar-refractivity contribution in [3.63, 3.8) is 0 Å². The van der Waals surface area contributed by atoms with E-state index in [0.717, 1.165) is 26.3 Å². The Kier molecular flexibility index (Phi) is 7.51. The van der Waals surface area contributed by atoms with Gasteiger partial charge in [0.15, 0.2) is 0 Å². The zero-order valence-corrected chi connectivity index (χ0v) is 21.7. The summed E-state index contributed by atoms with van der Waals surface area (Å²) < 4.78 is 13.6. The third kappa shape index (κ3) is 5.53. The molecule has 2 heterocycles. The molecule has 0 aliphatic heterocycles. The Morgan fingerprint density at radius 3 is 2.82 bits per heavy atom. The quantitative estimate of drug-likeness (QED) is 0.147. The number of nitrogens with zero attached hydrogens (tertiary/aromatic N) is 2. The second-order valence-corrected chi connectivity index (χ2v) is 13.2. The first-order chi connectivity index (χ1) is 13.3. The van der Waals surface area contributed by atoms with Crippen LogP contribution in [0.3, 0.4) is 0 Å². The molecule has 0 saturated carbocycles. The van der Waals surface area contributed by atoms with E-state index in [0.29, 0.717) is 10.3 Å². The highest BCUT2D eigenvalue weighted by molar-refractivity contribution is 14.2. The van der Waals surface area contributed by atoms with Gasteiger partial charge in [0, 0.05) is 37.6 Å². The Morgan fingerprint density at radius 1 is 1.32 bits per heavy atom. The summed E-state index contributed by atoms with van der Waals surface area (Å²) in [6.45, 7) is 3.50. The molecule has 0 bridgehead atoms. The van der Waals surface area contributed by atoms with E-state index in [4.69, 9.17) is 11.6 Å². The highest BCUT2D eigenvalue weighted by atomic mass is 127.